The van der Waals surface area contributed by atoms with Gasteiger partial charge in [0.2, 0.25) is 0 Å². The van der Waals surface area contributed by atoms with E-state index in [1.54, 1.807) is 0 Å². The summed E-state index contributed by atoms with van der Waals surface area (Å²) in [5.74, 6) is -1.09. The summed E-state index contributed by atoms with van der Waals surface area (Å²) in [7, 11) is 0. The highest BCUT2D eigenvalue weighted by Crippen LogP contribution is 2.38. The predicted molar refractivity (Wildman–Crippen MR) is 41.1 cm³/mol. The number of allylic oxidation sites excluding steroid dienone is 1. The molecule has 0 aromatic carbocycles. The van der Waals surface area contributed by atoms with Crippen LogP contribution in [0.4, 0.5) is 0 Å². The zero-order valence-electron chi connectivity index (χ0n) is 6.71. The van der Waals surface area contributed by atoms with Crippen molar-refractivity contribution in [2.24, 2.45) is 11.8 Å². The van der Waals surface area contributed by atoms with Crippen molar-refractivity contribution in [3.05, 3.63) is 12.2 Å². The third-order valence-electron chi connectivity index (χ3n) is 2.61. The normalized spacial score (nSPS) is 34.8. The molecule has 0 radical (unpaired) electrons. The number of esters is 2. The summed E-state index contributed by atoms with van der Waals surface area (Å²) in [6.45, 7) is 3.81. The lowest BCUT2D eigenvalue weighted by molar-refractivity contribution is -0.153. The Hall–Kier alpha value is -1.12. The van der Waals surface area contributed by atoms with Crippen molar-refractivity contribution in [3.63, 3.8) is 0 Å². The zero-order valence-corrected chi connectivity index (χ0v) is 6.71. The van der Waals surface area contributed by atoms with E-state index < -0.39 is 0 Å². The van der Waals surface area contributed by atoms with Gasteiger partial charge in [-0.25, -0.2) is 0 Å². The lowest BCUT2D eigenvalue weighted by Gasteiger charge is -2.20. The summed E-state index contributed by atoms with van der Waals surface area (Å²) in [6.07, 6.45) is 2.22. The second-order valence-electron chi connectivity index (χ2n) is 3.45. The summed E-state index contributed by atoms with van der Waals surface area (Å²) in [4.78, 5) is 22.1. The maximum atomic E-state index is 11.1. The Morgan fingerprint density at radius 1 is 1.25 bits per heavy atom. The van der Waals surface area contributed by atoms with Crippen molar-refractivity contribution in [2.45, 2.75) is 19.3 Å². The molecule has 1 aliphatic heterocycles. The number of ether oxygens (including phenoxy) is 1. The lowest BCUT2D eigenvalue weighted by atomic mass is 9.79. The van der Waals surface area contributed by atoms with Crippen LogP contribution in [0.15, 0.2) is 12.2 Å². The van der Waals surface area contributed by atoms with Crippen LogP contribution in [0, 0.1) is 11.8 Å². The fourth-order valence-corrected chi connectivity index (χ4v) is 1.90. The van der Waals surface area contributed by atoms with E-state index in [-0.39, 0.29) is 23.8 Å². The summed E-state index contributed by atoms with van der Waals surface area (Å²) < 4.78 is 4.54. The Labute approximate surface area is 70.4 Å². The fourth-order valence-electron chi connectivity index (χ4n) is 1.90. The topological polar surface area (TPSA) is 43.4 Å². The largest absolute Gasteiger partial charge is 0.393 e. The highest BCUT2D eigenvalue weighted by molar-refractivity contribution is 5.96. The second kappa shape index (κ2) is 2.44. The van der Waals surface area contributed by atoms with Gasteiger partial charge in [-0.1, -0.05) is 12.2 Å². The molecule has 2 fully saturated rings. The average Bonchev–Trinajstić information content (AvgIpc) is 2.28. The van der Waals surface area contributed by atoms with Crippen LogP contribution in [-0.2, 0) is 14.3 Å². The van der Waals surface area contributed by atoms with Crippen LogP contribution in [0.1, 0.15) is 19.3 Å². The summed E-state index contributed by atoms with van der Waals surface area (Å²) in [5.41, 5.74) is 1.06. The van der Waals surface area contributed by atoms with Crippen molar-refractivity contribution in [3.8, 4) is 0 Å². The molecule has 12 heavy (non-hydrogen) atoms. The van der Waals surface area contributed by atoms with E-state index in [0.717, 1.165) is 18.4 Å². The molecular weight excluding hydrogens is 156 g/mol. The number of carbonyl (C=O) groups is 2. The molecule has 0 bridgehead atoms. The molecule has 2 atom stereocenters. The van der Waals surface area contributed by atoms with Crippen LogP contribution in [-0.4, -0.2) is 11.9 Å². The van der Waals surface area contributed by atoms with Crippen LogP contribution in [0.5, 0.6) is 0 Å². The minimum absolute atomic E-state index is 0.178. The van der Waals surface area contributed by atoms with Crippen molar-refractivity contribution < 1.29 is 14.3 Å². The molecule has 0 N–H and O–H groups in total. The molecule has 0 aromatic heterocycles. The Morgan fingerprint density at radius 3 is 2.67 bits per heavy atom. The van der Waals surface area contributed by atoms with Crippen molar-refractivity contribution in [2.75, 3.05) is 0 Å². The average molecular weight is 166 g/mol. The first-order valence-electron chi connectivity index (χ1n) is 4.10. The molecular formula is C9H10O3. The van der Waals surface area contributed by atoms with E-state index in [1.807, 2.05) is 0 Å². The number of cyclic esters (lactones) is 2. The van der Waals surface area contributed by atoms with E-state index in [9.17, 15) is 9.59 Å². The van der Waals surface area contributed by atoms with Crippen molar-refractivity contribution in [1.29, 1.82) is 0 Å². The van der Waals surface area contributed by atoms with Crippen molar-refractivity contribution >= 4 is 11.9 Å². The molecule has 0 spiro atoms. The van der Waals surface area contributed by atoms with Crippen LogP contribution >= 0.6 is 0 Å². The molecule has 2 aliphatic rings. The molecule has 0 aromatic rings. The SMILES string of the molecule is C=C1CCC2C(=O)OC(=O)C2C1. The third kappa shape index (κ3) is 0.967. The highest BCUT2D eigenvalue weighted by atomic mass is 16.6. The van der Waals surface area contributed by atoms with Gasteiger partial charge >= 0.3 is 11.9 Å². The maximum absolute atomic E-state index is 11.1. The predicted octanol–water partition coefficient (Wildman–Crippen LogP) is 1.04. The van der Waals surface area contributed by atoms with E-state index in [4.69, 9.17) is 0 Å². The first-order chi connectivity index (χ1) is 5.68. The number of fused-ring (bicyclic) bond motifs is 1. The first-order valence-corrected chi connectivity index (χ1v) is 4.10. The Bertz CT molecular complexity index is 267. The van der Waals surface area contributed by atoms with Gasteiger partial charge in [0, 0.05) is 0 Å². The standard InChI is InChI=1S/C9H10O3/c1-5-2-3-6-7(4-5)9(11)12-8(6)10/h6-7H,1-4H2. The van der Waals surface area contributed by atoms with Crippen molar-refractivity contribution in [1.82, 2.24) is 0 Å². The Balaban J connectivity index is 2.22. The molecule has 0 amide bonds. The first kappa shape index (κ1) is 7.53. The Kier molecular flexibility index (Phi) is 1.53. The van der Waals surface area contributed by atoms with Gasteiger partial charge in [-0.2, -0.15) is 0 Å². The Morgan fingerprint density at radius 2 is 1.92 bits per heavy atom. The molecule has 64 valence electrons. The second-order valence-corrected chi connectivity index (χ2v) is 3.45. The number of rotatable bonds is 0. The molecule has 1 aliphatic carbocycles. The van der Waals surface area contributed by atoms with E-state index >= 15 is 0 Å². The number of hydrogen-bond acceptors (Lipinski definition) is 3. The van der Waals surface area contributed by atoms with Gasteiger partial charge in [0.25, 0.3) is 0 Å². The third-order valence-corrected chi connectivity index (χ3v) is 2.61. The van der Waals surface area contributed by atoms with Gasteiger partial charge in [-0.05, 0) is 19.3 Å². The van der Waals surface area contributed by atoms with Gasteiger partial charge in [0.05, 0.1) is 11.8 Å². The molecule has 1 saturated carbocycles. The van der Waals surface area contributed by atoms with Crippen LogP contribution < -0.4 is 0 Å². The van der Waals surface area contributed by atoms with Gasteiger partial charge in [0.1, 0.15) is 0 Å². The van der Waals surface area contributed by atoms with E-state index in [1.165, 1.54) is 0 Å². The smallest absolute Gasteiger partial charge is 0.317 e. The molecule has 2 unspecified atom stereocenters. The lowest BCUT2D eigenvalue weighted by Crippen LogP contribution is -2.22. The molecule has 3 heteroatoms. The van der Waals surface area contributed by atoms with Gasteiger partial charge in [-0.3, -0.25) is 9.59 Å². The van der Waals surface area contributed by atoms with Gasteiger partial charge < -0.3 is 4.74 Å². The minimum atomic E-state index is -0.356. The van der Waals surface area contributed by atoms with Crippen LogP contribution in [0.25, 0.3) is 0 Å². The summed E-state index contributed by atoms with van der Waals surface area (Å²) in [6, 6.07) is 0. The molecule has 1 heterocycles. The van der Waals surface area contributed by atoms with Gasteiger partial charge in [-0.15, -0.1) is 0 Å². The quantitative estimate of drug-likeness (QED) is 0.307. The molecule has 3 nitrogen and oxygen atoms in total. The monoisotopic (exact) mass is 166 g/mol. The highest BCUT2D eigenvalue weighted by Gasteiger charge is 2.45. The van der Waals surface area contributed by atoms with E-state index in [0.29, 0.717) is 6.42 Å². The van der Waals surface area contributed by atoms with E-state index in [2.05, 4.69) is 11.3 Å². The number of hydrogen-bond donors (Lipinski definition) is 0. The number of carbonyl (C=O) groups excluding carboxylic acids is 2. The maximum Gasteiger partial charge on any atom is 0.317 e. The van der Waals surface area contributed by atoms with Crippen LogP contribution in [0.3, 0.4) is 0 Å². The zero-order chi connectivity index (χ0) is 8.72. The minimum Gasteiger partial charge on any atom is -0.393 e. The summed E-state index contributed by atoms with van der Waals surface area (Å²) >= 11 is 0. The van der Waals surface area contributed by atoms with Gasteiger partial charge in [0.15, 0.2) is 0 Å². The van der Waals surface area contributed by atoms with Crippen LogP contribution in [0.2, 0.25) is 0 Å². The molecule has 2 rings (SSSR count). The summed E-state index contributed by atoms with van der Waals surface area (Å²) in [5, 5.41) is 0. The fraction of sp³-hybridized carbons (Fsp3) is 0.556. The molecule has 1 saturated heterocycles.